The molecule has 34 heavy (non-hydrogen) atoms. The van der Waals surface area contributed by atoms with E-state index >= 15 is 0 Å². The van der Waals surface area contributed by atoms with Crippen LogP contribution >= 0.6 is 0 Å². The van der Waals surface area contributed by atoms with Crippen molar-refractivity contribution in [1.82, 2.24) is 4.90 Å². The van der Waals surface area contributed by atoms with Crippen molar-refractivity contribution in [2.75, 3.05) is 33.9 Å². The van der Waals surface area contributed by atoms with Crippen molar-refractivity contribution < 1.29 is 18.6 Å². The van der Waals surface area contributed by atoms with Crippen LogP contribution in [0.25, 0.3) is 11.1 Å². The summed E-state index contributed by atoms with van der Waals surface area (Å²) < 4.78 is 30.2. The molecule has 0 radical (unpaired) electrons. The van der Waals surface area contributed by atoms with Crippen LogP contribution in [0.5, 0.6) is 11.5 Å². The van der Waals surface area contributed by atoms with Crippen molar-refractivity contribution in [3.8, 4) is 28.7 Å². The minimum absolute atomic E-state index is 0.287. The fourth-order valence-corrected chi connectivity index (χ4v) is 4.32. The second-order valence-corrected chi connectivity index (χ2v) is 8.46. The van der Waals surface area contributed by atoms with Gasteiger partial charge in [0, 0.05) is 18.2 Å². The molecule has 0 aliphatic carbocycles. The van der Waals surface area contributed by atoms with Gasteiger partial charge in [0.05, 0.1) is 25.9 Å². The Balaban J connectivity index is 1.39. The Labute approximate surface area is 200 Å². The average molecular weight is 461 g/mol. The van der Waals surface area contributed by atoms with Crippen LogP contribution in [0.1, 0.15) is 28.7 Å². The average Bonchev–Trinajstić information content (AvgIpc) is 3.33. The lowest BCUT2D eigenvalue weighted by molar-refractivity contribution is 0.134. The highest BCUT2D eigenvalue weighted by atomic mass is 19.1. The highest BCUT2D eigenvalue weighted by Gasteiger charge is 2.22. The highest BCUT2D eigenvalue weighted by molar-refractivity contribution is 5.74. The van der Waals surface area contributed by atoms with E-state index in [1.54, 1.807) is 19.2 Å². The minimum atomic E-state index is -0.287. The summed E-state index contributed by atoms with van der Waals surface area (Å²) in [6.45, 7) is 3.33. The van der Waals surface area contributed by atoms with Crippen molar-refractivity contribution >= 4 is 0 Å². The summed E-state index contributed by atoms with van der Waals surface area (Å²) in [5, 5.41) is 10.0. The summed E-state index contributed by atoms with van der Waals surface area (Å²) in [6.07, 6.45) is 1.69. The van der Waals surface area contributed by atoms with E-state index in [-0.39, 0.29) is 5.82 Å². The van der Waals surface area contributed by atoms with Gasteiger partial charge in [0.25, 0.3) is 0 Å². The number of nitriles is 1. The molecule has 6 heteroatoms. The normalized spacial score (nSPS) is 12.4. The number of rotatable bonds is 10. The van der Waals surface area contributed by atoms with E-state index in [0.29, 0.717) is 25.4 Å². The molecule has 0 spiro atoms. The Bertz CT molecular complexity index is 1170. The fraction of sp³-hybridized carbons (Fsp3) is 0.321. The first-order valence-corrected chi connectivity index (χ1v) is 11.5. The van der Waals surface area contributed by atoms with Gasteiger partial charge in [0.15, 0.2) is 0 Å². The van der Waals surface area contributed by atoms with Crippen LogP contribution in [-0.2, 0) is 24.4 Å². The molecule has 1 aliphatic heterocycles. The number of likely N-dealkylation sites (N-methyl/N-ethyl adjacent to an activating group) is 1. The first kappa shape index (κ1) is 23.7. The van der Waals surface area contributed by atoms with Gasteiger partial charge in [-0.2, -0.15) is 5.26 Å². The van der Waals surface area contributed by atoms with Gasteiger partial charge in [-0.15, -0.1) is 0 Å². The minimum Gasteiger partial charge on any atom is -0.497 e. The van der Waals surface area contributed by atoms with Gasteiger partial charge in [-0.3, -0.25) is 0 Å². The lowest BCUT2D eigenvalue weighted by Gasteiger charge is -2.19. The van der Waals surface area contributed by atoms with Crippen molar-refractivity contribution in [1.29, 1.82) is 5.26 Å². The molecule has 0 N–H and O–H groups in total. The summed E-state index contributed by atoms with van der Waals surface area (Å²) in [5.74, 6) is 1.28. The predicted octanol–water partition coefficient (Wildman–Crippen LogP) is 5.35. The molecule has 1 heterocycles. The molecule has 176 valence electrons. The van der Waals surface area contributed by atoms with Crippen LogP contribution < -0.4 is 9.47 Å². The van der Waals surface area contributed by atoms with Gasteiger partial charge in [-0.1, -0.05) is 18.2 Å². The summed E-state index contributed by atoms with van der Waals surface area (Å²) >= 11 is 0. The number of ether oxygens (including phenoxy) is 3. The largest absolute Gasteiger partial charge is 0.497 e. The monoisotopic (exact) mass is 460 g/mol. The fourth-order valence-electron chi connectivity index (χ4n) is 4.32. The zero-order valence-electron chi connectivity index (χ0n) is 19.6. The molecule has 0 saturated carbocycles. The van der Waals surface area contributed by atoms with E-state index < -0.39 is 0 Å². The Kier molecular flexibility index (Phi) is 7.79. The Morgan fingerprint density at radius 2 is 1.85 bits per heavy atom. The molecule has 0 bridgehead atoms. The maximum atomic E-state index is 13.4. The van der Waals surface area contributed by atoms with Crippen molar-refractivity contribution in [3.05, 3.63) is 82.7 Å². The van der Waals surface area contributed by atoms with E-state index in [0.717, 1.165) is 65.2 Å². The van der Waals surface area contributed by atoms with Crippen LogP contribution in [-0.4, -0.2) is 38.8 Å². The molecule has 1 aliphatic rings. The molecule has 0 saturated heterocycles. The molecule has 0 fully saturated rings. The third kappa shape index (κ3) is 5.56. The predicted molar refractivity (Wildman–Crippen MR) is 129 cm³/mol. The van der Waals surface area contributed by atoms with Crippen LogP contribution in [0, 0.1) is 17.1 Å². The third-order valence-corrected chi connectivity index (χ3v) is 6.16. The lowest BCUT2D eigenvalue weighted by atomic mass is 9.88. The summed E-state index contributed by atoms with van der Waals surface area (Å²) in [5.41, 5.74) is 5.67. The smallest absolute Gasteiger partial charge is 0.123 e. The highest BCUT2D eigenvalue weighted by Crippen LogP contribution is 2.35. The van der Waals surface area contributed by atoms with Gasteiger partial charge >= 0.3 is 0 Å². The number of benzene rings is 3. The number of hydrogen-bond donors (Lipinski definition) is 0. The molecule has 0 unspecified atom stereocenters. The second kappa shape index (κ2) is 11.1. The molecular formula is C28H29FN2O3. The van der Waals surface area contributed by atoms with Crippen molar-refractivity contribution in [3.63, 3.8) is 0 Å². The number of fused-ring (bicyclic) bond motifs is 1. The summed E-state index contributed by atoms with van der Waals surface area (Å²) in [7, 11) is 3.71. The van der Waals surface area contributed by atoms with Crippen LogP contribution in [0.4, 0.5) is 4.39 Å². The number of hydrogen-bond acceptors (Lipinski definition) is 5. The molecule has 3 aromatic rings. The zero-order valence-corrected chi connectivity index (χ0v) is 19.6. The molecule has 4 rings (SSSR count). The first-order chi connectivity index (χ1) is 16.6. The van der Waals surface area contributed by atoms with Gasteiger partial charge in [-0.25, -0.2) is 4.39 Å². The summed E-state index contributed by atoms with van der Waals surface area (Å²) in [4.78, 5) is 2.23. The van der Waals surface area contributed by atoms with Gasteiger partial charge in [0.1, 0.15) is 30.0 Å². The second-order valence-electron chi connectivity index (χ2n) is 8.46. The number of halogens is 1. The molecule has 5 nitrogen and oxygen atoms in total. The zero-order chi connectivity index (χ0) is 23.9. The molecule has 0 amide bonds. The maximum absolute atomic E-state index is 13.4. The van der Waals surface area contributed by atoms with Crippen LogP contribution in [0.2, 0.25) is 0 Å². The maximum Gasteiger partial charge on any atom is 0.123 e. The molecule has 0 atom stereocenters. The SMILES string of the molecule is COc1cccc(OCCN(C)CCCc2c(C#N)c(-c3ccc(F)cc3)cc3c2COC3)c1. The topological polar surface area (TPSA) is 54.7 Å². The Hall–Kier alpha value is -3.40. The van der Waals surface area contributed by atoms with E-state index in [9.17, 15) is 9.65 Å². The van der Waals surface area contributed by atoms with Gasteiger partial charge < -0.3 is 19.1 Å². The lowest BCUT2D eigenvalue weighted by Crippen LogP contribution is -2.25. The number of methoxy groups -OCH3 is 1. The standard InChI is InChI=1S/C28H29FN2O3/c1-31(13-14-34-24-6-3-5-23(16-24)32-2)12-4-7-25-27(17-30)26(15-21-18-33-19-28(21)25)20-8-10-22(29)11-9-20/h3,5-6,8-11,15-16H,4,7,12-14,18-19H2,1-2H3. The Morgan fingerprint density at radius 1 is 1.06 bits per heavy atom. The van der Waals surface area contributed by atoms with Gasteiger partial charge in [-0.05, 0) is 79.0 Å². The van der Waals surface area contributed by atoms with E-state index in [2.05, 4.69) is 18.0 Å². The third-order valence-electron chi connectivity index (χ3n) is 6.16. The van der Waals surface area contributed by atoms with Gasteiger partial charge in [0.2, 0.25) is 0 Å². The quantitative estimate of drug-likeness (QED) is 0.408. The first-order valence-electron chi connectivity index (χ1n) is 11.5. The van der Waals surface area contributed by atoms with E-state index in [1.165, 1.54) is 12.1 Å². The number of nitrogens with zero attached hydrogens (tertiary/aromatic N) is 2. The summed E-state index contributed by atoms with van der Waals surface area (Å²) in [6, 6.07) is 18.4. The van der Waals surface area contributed by atoms with E-state index in [1.807, 2.05) is 30.3 Å². The van der Waals surface area contributed by atoms with E-state index in [4.69, 9.17) is 14.2 Å². The van der Waals surface area contributed by atoms with Crippen molar-refractivity contribution in [2.45, 2.75) is 26.1 Å². The van der Waals surface area contributed by atoms with Crippen LogP contribution in [0.3, 0.4) is 0 Å². The molecular weight excluding hydrogens is 431 g/mol. The molecule has 3 aromatic carbocycles. The van der Waals surface area contributed by atoms with Crippen LogP contribution in [0.15, 0.2) is 54.6 Å². The molecule has 0 aromatic heterocycles. The Morgan fingerprint density at radius 3 is 2.62 bits per heavy atom. The van der Waals surface area contributed by atoms with Crippen molar-refractivity contribution in [2.24, 2.45) is 0 Å².